The predicted octanol–water partition coefficient (Wildman–Crippen LogP) is 5.87. The molecule has 0 unspecified atom stereocenters. The maximum absolute atomic E-state index is 13.5. The number of benzene rings is 2. The first-order chi connectivity index (χ1) is 14.6. The Morgan fingerprint density at radius 2 is 2.00 bits per heavy atom. The van der Waals surface area contributed by atoms with Crippen molar-refractivity contribution < 1.29 is 9.53 Å². The zero-order valence-electron chi connectivity index (χ0n) is 17.6. The largest absolute Gasteiger partial charge is 0.496 e. The van der Waals surface area contributed by atoms with Gasteiger partial charge in [-0.15, -0.1) is 0 Å². The van der Waals surface area contributed by atoms with Crippen LogP contribution in [0.4, 0.5) is 0 Å². The number of aromatic nitrogens is 2. The molecule has 0 saturated heterocycles. The quantitative estimate of drug-likeness (QED) is 0.475. The summed E-state index contributed by atoms with van der Waals surface area (Å²) in [6, 6.07) is 13.9. The summed E-state index contributed by atoms with van der Waals surface area (Å²) < 4.78 is 7.79. The average molecular weight is 426 g/mol. The van der Waals surface area contributed by atoms with Crippen molar-refractivity contribution in [1.29, 1.82) is 0 Å². The van der Waals surface area contributed by atoms with Gasteiger partial charge in [0.05, 0.1) is 30.3 Å². The maximum atomic E-state index is 13.5. The van der Waals surface area contributed by atoms with Gasteiger partial charge in [0.2, 0.25) is 0 Å². The van der Waals surface area contributed by atoms with E-state index in [0.717, 1.165) is 36.1 Å². The molecular formula is C24H28ClN3O2. The average Bonchev–Trinajstić information content (AvgIpc) is 3.40. The molecule has 5 nitrogen and oxygen atoms in total. The maximum Gasteiger partial charge on any atom is 0.258 e. The van der Waals surface area contributed by atoms with Gasteiger partial charge in [0.1, 0.15) is 11.6 Å². The number of hydrogen-bond acceptors (Lipinski definition) is 3. The standard InChI is InChI=1S/C24H28ClN3O2/c1-3-14-27(24(29)19-15-17(25)12-13-22(19)30-2)16-23-26-20-10-6-7-11-21(20)28(23)18-8-4-5-9-18/h6-7,10-13,15,18H,3-5,8-9,14,16H2,1-2H3. The lowest BCUT2D eigenvalue weighted by molar-refractivity contribution is 0.0733. The van der Waals surface area contributed by atoms with Crippen LogP contribution in [0.5, 0.6) is 5.75 Å². The molecule has 0 spiro atoms. The summed E-state index contributed by atoms with van der Waals surface area (Å²) in [6.07, 6.45) is 5.68. The SMILES string of the molecule is CCCN(Cc1nc2ccccc2n1C1CCCC1)C(=O)c1cc(Cl)ccc1OC. The van der Waals surface area contributed by atoms with Crippen LogP contribution in [0.3, 0.4) is 0 Å². The number of methoxy groups -OCH3 is 1. The summed E-state index contributed by atoms with van der Waals surface area (Å²) in [7, 11) is 1.57. The molecule has 0 bridgehead atoms. The van der Waals surface area contributed by atoms with Crippen molar-refractivity contribution in [1.82, 2.24) is 14.5 Å². The summed E-state index contributed by atoms with van der Waals surface area (Å²) in [4.78, 5) is 20.3. The van der Waals surface area contributed by atoms with E-state index >= 15 is 0 Å². The summed E-state index contributed by atoms with van der Waals surface area (Å²) in [5.74, 6) is 1.40. The number of carbonyl (C=O) groups excluding carboxylic acids is 1. The zero-order valence-corrected chi connectivity index (χ0v) is 18.4. The Hall–Kier alpha value is -2.53. The van der Waals surface area contributed by atoms with Crippen LogP contribution in [0.25, 0.3) is 11.0 Å². The third kappa shape index (κ3) is 4.04. The predicted molar refractivity (Wildman–Crippen MR) is 120 cm³/mol. The fraction of sp³-hybridized carbons (Fsp3) is 0.417. The fourth-order valence-corrected chi connectivity index (χ4v) is 4.66. The van der Waals surface area contributed by atoms with E-state index in [1.165, 1.54) is 12.8 Å². The Kier molecular flexibility index (Phi) is 6.28. The summed E-state index contributed by atoms with van der Waals surface area (Å²) >= 11 is 6.18. The minimum Gasteiger partial charge on any atom is -0.496 e. The first-order valence-corrected chi connectivity index (χ1v) is 11.1. The van der Waals surface area contributed by atoms with Gasteiger partial charge in [-0.3, -0.25) is 4.79 Å². The highest BCUT2D eigenvalue weighted by Crippen LogP contribution is 2.34. The second kappa shape index (κ2) is 9.09. The van der Waals surface area contributed by atoms with Crippen LogP contribution in [0.2, 0.25) is 5.02 Å². The third-order valence-electron chi connectivity index (χ3n) is 5.86. The molecule has 6 heteroatoms. The van der Waals surface area contributed by atoms with Crippen LogP contribution in [0, 0.1) is 0 Å². The number of rotatable bonds is 7. The van der Waals surface area contributed by atoms with Gasteiger partial charge in [-0.1, -0.05) is 43.5 Å². The highest BCUT2D eigenvalue weighted by atomic mass is 35.5. The van der Waals surface area contributed by atoms with Gasteiger partial charge in [-0.05, 0) is 49.6 Å². The van der Waals surface area contributed by atoms with Crippen molar-refractivity contribution >= 4 is 28.5 Å². The first kappa shape index (κ1) is 20.7. The van der Waals surface area contributed by atoms with Crippen LogP contribution in [-0.4, -0.2) is 34.0 Å². The molecule has 30 heavy (non-hydrogen) atoms. The minimum absolute atomic E-state index is 0.0822. The minimum atomic E-state index is -0.0822. The topological polar surface area (TPSA) is 47.4 Å². The Morgan fingerprint density at radius 3 is 2.73 bits per heavy atom. The summed E-state index contributed by atoms with van der Waals surface area (Å²) in [5.41, 5.74) is 2.63. The lowest BCUT2D eigenvalue weighted by Crippen LogP contribution is -2.33. The van der Waals surface area contributed by atoms with Crippen LogP contribution < -0.4 is 4.74 Å². The highest BCUT2D eigenvalue weighted by Gasteiger charge is 2.26. The Labute approximate surface area is 182 Å². The summed E-state index contributed by atoms with van der Waals surface area (Å²) in [6.45, 7) is 3.19. The number of halogens is 1. The van der Waals surface area contributed by atoms with Crippen molar-refractivity contribution in [2.75, 3.05) is 13.7 Å². The van der Waals surface area contributed by atoms with Crippen LogP contribution in [0.1, 0.15) is 61.3 Å². The molecule has 1 amide bonds. The molecule has 0 aliphatic heterocycles. The van der Waals surface area contributed by atoms with Gasteiger partial charge in [0, 0.05) is 17.6 Å². The number of para-hydroxylation sites is 2. The molecular weight excluding hydrogens is 398 g/mol. The second-order valence-electron chi connectivity index (χ2n) is 7.90. The van der Waals surface area contributed by atoms with E-state index in [1.54, 1.807) is 25.3 Å². The van der Waals surface area contributed by atoms with Gasteiger partial charge in [-0.25, -0.2) is 4.98 Å². The lowest BCUT2D eigenvalue weighted by atomic mass is 10.1. The number of carbonyl (C=O) groups is 1. The molecule has 1 fully saturated rings. The van der Waals surface area contributed by atoms with E-state index in [9.17, 15) is 4.79 Å². The van der Waals surface area contributed by atoms with E-state index in [0.29, 0.717) is 35.5 Å². The number of nitrogens with zero attached hydrogens (tertiary/aromatic N) is 3. The zero-order chi connectivity index (χ0) is 21.1. The van der Waals surface area contributed by atoms with Gasteiger partial charge < -0.3 is 14.2 Å². The molecule has 1 heterocycles. The van der Waals surface area contributed by atoms with E-state index in [2.05, 4.69) is 29.7 Å². The molecule has 1 aliphatic carbocycles. The molecule has 0 N–H and O–H groups in total. The molecule has 1 aromatic heterocycles. The normalized spacial score (nSPS) is 14.4. The Bertz CT molecular complexity index is 1040. The number of imidazole rings is 1. The second-order valence-corrected chi connectivity index (χ2v) is 8.33. The highest BCUT2D eigenvalue weighted by molar-refractivity contribution is 6.31. The molecule has 2 aromatic carbocycles. The van der Waals surface area contributed by atoms with Gasteiger partial charge in [-0.2, -0.15) is 0 Å². The molecule has 0 radical (unpaired) electrons. The van der Waals surface area contributed by atoms with Crippen molar-refractivity contribution in [3.8, 4) is 5.75 Å². The number of amides is 1. The van der Waals surface area contributed by atoms with E-state index in [-0.39, 0.29) is 5.91 Å². The van der Waals surface area contributed by atoms with Crippen molar-refractivity contribution in [2.45, 2.75) is 51.6 Å². The fourth-order valence-electron chi connectivity index (χ4n) is 4.49. The molecule has 0 atom stereocenters. The van der Waals surface area contributed by atoms with E-state index in [4.69, 9.17) is 21.3 Å². The van der Waals surface area contributed by atoms with E-state index < -0.39 is 0 Å². The number of hydrogen-bond donors (Lipinski definition) is 0. The van der Waals surface area contributed by atoms with Gasteiger partial charge in [0.15, 0.2) is 0 Å². The van der Waals surface area contributed by atoms with Gasteiger partial charge >= 0.3 is 0 Å². The van der Waals surface area contributed by atoms with Crippen molar-refractivity contribution in [3.63, 3.8) is 0 Å². The number of ether oxygens (including phenoxy) is 1. The Balaban J connectivity index is 1.72. The van der Waals surface area contributed by atoms with E-state index in [1.807, 2.05) is 11.0 Å². The van der Waals surface area contributed by atoms with Crippen LogP contribution in [0.15, 0.2) is 42.5 Å². The molecule has 3 aromatic rings. The van der Waals surface area contributed by atoms with Crippen molar-refractivity contribution in [2.24, 2.45) is 0 Å². The molecule has 4 rings (SSSR count). The number of fused-ring (bicyclic) bond motifs is 1. The third-order valence-corrected chi connectivity index (χ3v) is 6.10. The smallest absolute Gasteiger partial charge is 0.258 e. The first-order valence-electron chi connectivity index (χ1n) is 10.7. The monoisotopic (exact) mass is 425 g/mol. The molecule has 1 aliphatic rings. The van der Waals surface area contributed by atoms with Gasteiger partial charge in [0.25, 0.3) is 5.91 Å². The lowest BCUT2D eigenvalue weighted by Gasteiger charge is -2.25. The van der Waals surface area contributed by atoms with Crippen LogP contribution in [-0.2, 0) is 6.54 Å². The molecule has 158 valence electrons. The Morgan fingerprint density at radius 1 is 1.23 bits per heavy atom. The molecule has 1 saturated carbocycles. The summed E-state index contributed by atoms with van der Waals surface area (Å²) in [5, 5.41) is 0.522. The van der Waals surface area contributed by atoms with Crippen molar-refractivity contribution in [3.05, 3.63) is 58.9 Å². The van der Waals surface area contributed by atoms with Crippen LogP contribution >= 0.6 is 11.6 Å².